The van der Waals surface area contributed by atoms with Gasteiger partial charge in [-0.15, -0.1) is 0 Å². The maximum absolute atomic E-state index is 12.6. The molecule has 3 N–H and O–H groups in total. The van der Waals surface area contributed by atoms with Gasteiger partial charge >= 0.3 is 0 Å². The van der Waals surface area contributed by atoms with Gasteiger partial charge in [0, 0.05) is 56.7 Å². The summed E-state index contributed by atoms with van der Waals surface area (Å²) in [7, 11) is 0. The second kappa shape index (κ2) is 10.3. The minimum Gasteiger partial charge on any atom is -0.383 e. The second-order valence-corrected chi connectivity index (χ2v) is 9.37. The molecule has 3 aliphatic rings. The minimum atomic E-state index is -0.135. The van der Waals surface area contributed by atoms with Crippen LogP contribution in [0.25, 0.3) is 0 Å². The highest BCUT2D eigenvalue weighted by molar-refractivity contribution is 5.98. The van der Waals surface area contributed by atoms with E-state index in [9.17, 15) is 14.4 Å². The van der Waals surface area contributed by atoms with Gasteiger partial charge in [0.15, 0.2) is 0 Å². The molecule has 1 aromatic rings. The molecule has 3 amide bonds. The summed E-state index contributed by atoms with van der Waals surface area (Å²) in [5, 5.41) is 3.07. The number of aromatic nitrogens is 1. The number of carbonyl (C=O) groups excluding carboxylic acids is 3. The molecule has 3 fully saturated rings. The number of nitrogen functional groups attached to an aromatic ring is 1. The standard InChI is InChI=1S/C24H35N5O3/c25-23-19(24(32)26-18-5-1-2-6-18)9-10-20(27-23)17-11-15-29(16-12-17)22(31)8-4-14-28-13-3-7-21(28)30/h9-10,17-18H,1-8,11-16H2,(H2,25,27)(H,26,32). The largest absolute Gasteiger partial charge is 0.383 e. The molecule has 0 spiro atoms. The molecule has 0 unspecified atom stereocenters. The zero-order valence-electron chi connectivity index (χ0n) is 18.9. The van der Waals surface area contributed by atoms with Gasteiger partial charge in [-0.05, 0) is 50.7 Å². The summed E-state index contributed by atoms with van der Waals surface area (Å²) in [4.78, 5) is 45.1. The van der Waals surface area contributed by atoms with Gasteiger partial charge in [-0.25, -0.2) is 4.98 Å². The lowest BCUT2D eigenvalue weighted by Gasteiger charge is -2.32. The Balaban J connectivity index is 1.23. The van der Waals surface area contributed by atoms with Crippen molar-refractivity contribution >= 4 is 23.5 Å². The van der Waals surface area contributed by atoms with Crippen molar-refractivity contribution < 1.29 is 14.4 Å². The lowest BCUT2D eigenvalue weighted by Crippen LogP contribution is -2.38. The maximum Gasteiger partial charge on any atom is 0.255 e. The van der Waals surface area contributed by atoms with Gasteiger partial charge in [-0.3, -0.25) is 14.4 Å². The van der Waals surface area contributed by atoms with Crippen LogP contribution in [0.1, 0.15) is 86.2 Å². The van der Waals surface area contributed by atoms with Crippen molar-refractivity contribution in [2.45, 2.75) is 76.2 Å². The van der Waals surface area contributed by atoms with E-state index in [1.54, 1.807) is 6.07 Å². The van der Waals surface area contributed by atoms with E-state index in [-0.39, 0.29) is 35.5 Å². The van der Waals surface area contributed by atoms with Gasteiger partial charge in [0.2, 0.25) is 11.8 Å². The number of amides is 3. The van der Waals surface area contributed by atoms with Crippen LogP contribution in [0.5, 0.6) is 0 Å². The third-order valence-corrected chi connectivity index (χ3v) is 7.14. The fourth-order valence-corrected chi connectivity index (χ4v) is 5.19. The summed E-state index contributed by atoms with van der Waals surface area (Å²) in [6.45, 7) is 2.93. The molecule has 0 bridgehead atoms. The van der Waals surface area contributed by atoms with Gasteiger partial charge in [-0.2, -0.15) is 0 Å². The first-order valence-electron chi connectivity index (χ1n) is 12.1. The average molecular weight is 442 g/mol. The number of nitrogens with one attached hydrogen (secondary N) is 1. The quantitative estimate of drug-likeness (QED) is 0.676. The number of rotatable bonds is 7. The number of pyridine rings is 1. The van der Waals surface area contributed by atoms with E-state index in [1.165, 1.54) is 0 Å². The molecule has 32 heavy (non-hydrogen) atoms. The van der Waals surface area contributed by atoms with E-state index in [4.69, 9.17) is 5.73 Å². The maximum atomic E-state index is 12.6. The molecule has 1 saturated carbocycles. The summed E-state index contributed by atoms with van der Waals surface area (Å²) >= 11 is 0. The van der Waals surface area contributed by atoms with Crippen molar-refractivity contribution in [3.05, 3.63) is 23.4 Å². The molecule has 2 aliphatic heterocycles. The SMILES string of the molecule is Nc1nc(C2CCN(C(=O)CCCN3CCCC3=O)CC2)ccc1C(=O)NC1CCCC1. The number of hydrogen-bond acceptors (Lipinski definition) is 5. The van der Waals surface area contributed by atoms with Crippen LogP contribution < -0.4 is 11.1 Å². The number of nitrogens with zero attached hydrogens (tertiary/aromatic N) is 3. The highest BCUT2D eigenvalue weighted by Gasteiger charge is 2.26. The second-order valence-electron chi connectivity index (χ2n) is 9.37. The summed E-state index contributed by atoms with van der Waals surface area (Å²) in [5.74, 6) is 0.779. The fourth-order valence-electron chi connectivity index (χ4n) is 5.19. The fraction of sp³-hybridized carbons (Fsp3) is 0.667. The van der Waals surface area contributed by atoms with Crippen LogP contribution in [0, 0.1) is 0 Å². The number of likely N-dealkylation sites (tertiary alicyclic amines) is 2. The van der Waals surface area contributed by atoms with E-state index in [2.05, 4.69) is 10.3 Å². The van der Waals surface area contributed by atoms with Crippen LogP contribution in [-0.4, -0.2) is 64.7 Å². The first kappa shape index (κ1) is 22.6. The Kier molecular flexibility index (Phi) is 7.27. The molecule has 8 heteroatoms. The lowest BCUT2D eigenvalue weighted by atomic mass is 9.92. The smallest absolute Gasteiger partial charge is 0.255 e. The number of hydrogen-bond donors (Lipinski definition) is 2. The molecule has 1 aliphatic carbocycles. The van der Waals surface area contributed by atoms with Crippen LogP contribution >= 0.6 is 0 Å². The topological polar surface area (TPSA) is 109 Å². The Morgan fingerprint density at radius 2 is 1.81 bits per heavy atom. The summed E-state index contributed by atoms with van der Waals surface area (Å²) < 4.78 is 0. The van der Waals surface area contributed by atoms with E-state index in [0.29, 0.717) is 38.0 Å². The predicted octanol–water partition coefficient (Wildman–Crippen LogP) is 2.44. The lowest BCUT2D eigenvalue weighted by molar-refractivity contribution is -0.133. The van der Waals surface area contributed by atoms with E-state index in [1.807, 2.05) is 15.9 Å². The first-order valence-corrected chi connectivity index (χ1v) is 12.1. The normalized spacial score (nSPS) is 20.2. The summed E-state index contributed by atoms with van der Waals surface area (Å²) in [5.41, 5.74) is 7.48. The molecular formula is C24H35N5O3. The van der Waals surface area contributed by atoms with Gasteiger partial charge in [0.25, 0.3) is 5.91 Å². The van der Waals surface area contributed by atoms with Crippen molar-refractivity contribution in [1.82, 2.24) is 20.1 Å². The van der Waals surface area contributed by atoms with Gasteiger partial charge in [0.1, 0.15) is 5.82 Å². The zero-order valence-corrected chi connectivity index (χ0v) is 18.9. The van der Waals surface area contributed by atoms with Crippen molar-refractivity contribution in [2.24, 2.45) is 0 Å². The number of anilines is 1. The highest BCUT2D eigenvalue weighted by Crippen LogP contribution is 2.28. The molecule has 4 rings (SSSR count). The Labute approximate surface area is 189 Å². The molecule has 174 valence electrons. The van der Waals surface area contributed by atoms with Gasteiger partial charge in [-0.1, -0.05) is 12.8 Å². The Hall–Kier alpha value is -2.64. The van der Waals surface area contributed by atoms with E-state index in [0.717, 1.165) is 63.6 Å². The molecule has 2 saturated heterocycles. The van der Waals surface area contributed by atoms with Crippen LogP contribution in [0.15, 0.2) is 12.1 Å². The van der Waals surface area contributed by atoms with Crippen LogP contribution in [0.4, 0.5) is 5.82 Å². The average Bonchev–Trinajstić information content (AvgIpc) is 3.45. The van der Waals surface area contributed by atoms with Crippen molar-refractivity contribution in [3.8, 4) is 0 Å². The third kappa shape index (κ3) is 5.40. The number of nitrogens with two attached hydrogens (primary N) is 1. The Morgan fingerprint density at radius 3 is 2.47 bits per heavy atom. The monoisotopic (exact) mass is 441 g/mol. The molecular weight excluding hydrogens is 406 g/mol. The van der Waals surface area contributed by atoms with Crippen molar-refractivity contribution in [1.29, 1.82) is 0 Å². The molecule has 0 atom stereocenters. The van der Waals surface area contributed by atoms with E-state index >= 15 is 0 Å². The summed E-state index contributed by atoms with van der Waals surface area (Å²) in [6, 6.07) is 3.95. The van der Waals surface area contributed by atoms with Crippen molar-refractivity contribution in [3.63, 3.8) is 0 Å². The Bertz CT molecular complexity index is 844. The molecule has 0 aromatic carbocycles. The molecule has 3 heterocycles. The molecule has 8 nitrogen and oxygen atoms in total. The number of carbonyl (C=O) groups is 3. The van der Waals surface area contributed by atoms with Crippen LogP contribution in [0.2, 0.25) is 0 Å². The van der Waals surface area contributed by atoms with Gasteiger partial charge < -0.3 is 20.9 Å². The molecule has 0 radical (unpaired) electrons. The summed E-state index contributed by atoms with van der Waals surface area (Å²) in [6.07, 6.45) is 8.88. The van der Waals surface area contributed by atoms with E-state index < -0.39 is 0 Å². The van der Waals surface area contributed by atoms with Gasteiger partial charge in [0.05, 0.1) is 5.56 Å². The van der Waals surface area contributed by atoms with Crippen molar-refractivity contribution in [2.75, 3.05) is 31.9 Å². The first-order chi connectivity index (χ1) is 15.5. The Morgan fingerprint density at radius 1 is 1.06 bits per heavy atom. The predicted molar refractivity (Wildman–Crippen MR) is 122 cm³/mol. The zero-order chi connectivity index (χ0) is 22.5. The third-order valence-electron chi connectivity index (χ3n) is 7.14. The van der Waals surface area contributed by atoms with Crippen LogP contribution in [-0.2, 0) is 9.59 Å². The minimum absolute atomic E-state index is 0.135. The molecule has 1 aromatic heterocycles. The highest BCUT2D eigenvalue weighted by atomic mass is 16.2. The number of piperidine rings is 1. The van der Waals surface area contributed by atoms with Crippen LogP contribution in [0.3, 0.4) is 0 Å².